The van der Waals surface area contributed by atoms with Gasteiger partial charge in [-0.25, -0.2) is 4.98 Å². The molecular weight excluding hydrogens is 188 g/mol. The van der Waals surface area contributed by atoms with Crippen molar-refractivity contribution >= 4 is 16.5 Å². The molecule has 0 aromatic carbocycles. The smallest absolute Gasteiger partial charge is 0.185 e. The van der Waals surface area contributed by atoms with E-state index in [0.29, 0.717) is 6.54 Å². The molecule has 5 heteroatoms. The standard InChI is InChI=1S/C8H12N2O2S/c11-5-7-3-9-8(13-7)10-2-1-6(12)4-10/h3,6,11-12H,1-2,4-5H2. The second-order valence-corrected chi connectivity index (χ2v) is 4.25. The van der Waals surface area contributed by atoms with Crippen molar-refractivity contribution in [2.75, 3.05) is 18.0 Å². The van der Waals surface area contributed by atoms with E-state index in [1.165, 1.54) is 11.3 Å². The van der Waals surface area contributed by atoms with E-state index in [0.717, 1.165) is 23.0 Å². The molecule has 4 nitrogen and oxygen atoms in total. The number of aliphatic hydroxyl groups excluding tert-OH is 2. The Morgan fingerprint density at radius 3 is 3.08 bits per heavy atom. The average molecular weight is 200 g/mol. The highest BCUT2D eigenvalue weighted by molar-refractivity contribution is 7.15. The first kappa shape index (κ1) is 8.93. The van der Waals surface area contributed by atoms with Crippen molar-refractivity contribution in [3.8, 4) is 0 Å². The first-order valence-electron chi connectivity index (χ1n) is 4.28. The van der Waals surface area contributed by atoms with Crippen molar-refractivity contribution in [2.45, 2.75) is 19.1 Å². The van der Waals surface area contributed by atoms with Crippen LogP contribution >= 0.6 is 11.3 Å². The van der Waals surface area contributed by atoms with Gasteiger partial charge in [-0.1, -0.05) is 11.3 Å². The van der Waals surface area contributed by atoms with E-state index in [1.807, 2.05) is 0 Å². The number of thiazole rings is 1. The van der Waals surface area contributed by atoms with Crippen LogP contribution in [0.4, 0.5) is 5.13 Å². The molecule has 1 aliphatic heterocycles. The topological polar surface area (TPSA) is 56.6 Å². The highest BCUT2D eigenvalue weighted by atomic mass is 32.1. The predicted molar refractivity (Wildman–Crippen MR) is 50.9 cm³/mol. The van der Waals surface area contributed by atoms with Gasteiger partial charge in [0.1, 0.15) is 0 Å². The molecule has 13 heavy (non-hydrogen) atoms. The van der Waals surface area contributed by atoms with Gasteiger partial charge in [-0.15, -0.1) is 0 Å². The van der Waals surface area contributed by atoms with E-state index in [4.69, 9.17) is 5.11 Å². The van der Waals surface area contributed by atoms with Crippen LogP contribution in [0.3, 0.4) is 0 Å². The molecule has 1 fully saturated rings. The maximum absolute atomic E-state index is 9.31. The summed E-state index contributed by atoms with van der Waals surface area (Å²) >= 11 is 1.49. The maximum atomic E-state index is 9.31. The summed E-state index contributed by atoms with van der Waals surface area (Å²) in [5.74, 6) is 0. The molecule has 1 atom stereocenters. The largest absolute Gasteiger partial charge is 0.391 e. The molecule has 72 valence electrons. The normalized spacial score (nSPS) is 22.6. The van der Waals surface area contributed by atoms with Crippen molar-refractivity contribution < 1.29 is 10.2 Å². The molecule has 2 N–H and O–H groups in total. The Kier molecular flexibility index (Phi) is 2.48. The third-order valence-corrected chi connectivity index (χ3v) is 3.17. The van der Waals surface area contributed by atoms with Gasteiger partial charge in [0.2, 0.25) is 0 Å². The number of aliphatic hydroxyl groups is 2. The number of aromatic nitrogens is 1. The van der Waals surface area contributed by atoms with E-state index in [-0.39, 0.29) is 12.7 Å². The first-order chi connectivity index (χ1) is 6.29. The fourth-order valence-corrected chi connectivity index (χ4v) is 2.24. The SMILES string of the molecule is OCc1cnc(N2CCC(O)C2)s1. The lowest BCUT2D eigenvalue weighted by Gasteiger charge is -2.12. The fraction of sp³-hybridized carbons (Fsp3) is 0.625. The molecule has 0 aliphatic carbocycles. The summed E-state index contributed by atoms with van der Waals surface area (Å²) in [6, 6.07) is 0. The highest BCUT2D eigenvalue weighted by Crippen LogP contribution is 2.25. The minimum atomic E-state index is -0.221. The average Bonchev–Trinajstić information content (AvgIpc) is 2.71. The summed E-state index contributed by atoms with van der Waals surface area (Å²) in [7, 11) is 0. The summed E-state index contributed by atoms with van der Waals surface area (Å²) < 4.78 is 0. The van der Waals surface area contributed by atoms with Gasteiger partial charge in [-0.2, -0.15) is 0 Å². The lowest BCUT2D eigenvalue weighted by molar-refractivity contribution is 0.198. The zero-order valence-corrected chi connectivity index (χ0v) is 8.00. The Labute approximate surface area is 80.5 Å². The molecule has 0 radical (unpaired) electrons. The third-order valence-electron chi connectivity index (χ3n) is 2.13. The maximum Gasteiger partial charge on any atom is 0.185 e. The van der Waals surface area contributed by atoms with Gasteiger partial charge >= 0.3 is 0 Å². The van der Waals surface area contributed by atoms with E-state index in [1.54, 1.807) is 6.20 Å². The summed E-state index contributed by atoms with van der Waals surface area (Å²) in [5, 5.41) is 19.1. The molecule has 1 saturated heterocycles. The molecule has 1 unspecified atom stereocenters. The Morgan fingerprint density at radius 2 is 2.54 bits per heavy atom. The molecular formula is C8H12N2O2S. The third kappa shape index (κ3) is 1.82. The van der Waals surface area contributed by atoms with Crippen molar-refractivity contribution in [2.24, 2.45) is 0 Å². The number of β-amino-alcohol motifs (C(OH)–C–C–N with tert-alkyl or cyclic N) is 1. The monoisotopic (exact) mass is 200 g/mol. The number of nitrogens with zero attached hydrogens (tertiary/aromatic N) is 2. The van der Waals surface area contributed by atoms with E-state index < -0.39 is 0 Å². The van der Waals surface area contributed by atoms with Gasteiger partial charge < -0.3 is 15.1 Å². The molecule has 0 spiro atoms. The van der Waals surface area contributed by atoms with Gasteiger partial charge in [0, 0.05) is 19.3 Å². The Balaban J connectivity index is 2.08. The molecule has 2 heterocycles. The van der Waals surface area contributed by atoms with Crippen LogP contribution in [0.25, 0.3) is 0 Å². The lowest BCUT2D eigenvalue weighted by Crippen LogP contribution is -2.20. The summed E-state index contributed by atoms with van der Waals surface area (Å²) in [6.07, 6.45) is 2.28. The molecule has 0 saturated carbocycles. The minimum absolute atomic E-state index is 0.0497. The number of rotatable bonds is 2. The van der Waals surface area contributed by atoms with Crippen LogP contribution in [0.15, 0.2) is 6.20 Å². The van der Waals surface area contributed by atoms with Crippen molar-refractivity contribution in [3.05, 3.63) is 11.1 Å². The Morgan fingerprint density at radius 1 is 1.69 bits per heavy atom. The van der Waals surface area contributed by atoms with Gasteiger partial charge in [0.05, 0.1) is 17.6 Å². The zero-order valence-electron chi connectivity index (χ0n) is 7.18. The van der Waals surface area contributed by atoms with Crippen LogP contribution in [0.2, 0.25) is 0 Å². The van der Waals surface area contributed by atoms with Gasteiger partial charge in [-0.05, 0) is 6.42 Å². The first-order valence-corrected chi connectivity index (χ1v) is 5.10. The molecule has 2 rings (SSSR count). The second kappa shape index (κ2) is 3.61. The van der Waals surface area contributed by atoms with Crippen molar-refractivity contribution in [1.29, 1.82) is 0 Å². The summed E-state index contributed by atoms with van der Waals surface area (Å²) in [5.41, 5.74) is 0. The quantitative estimate of drug-likeness (QED) is 0.716. The Hall–Kier alpha value is -0.650. The number of hydrogen-bond donors (Lipinski definition) is 2. The lowest BCUT2D eigenvalue weighted by atomic mass is 10.3. The van der Waals surface area contributed by atoms with Crippen LogP contribution in [0.5, 0.6) is 0 Å². The summed E-state index contributed by atoms with van der Waals surface area (Å²) in [4.78, 5) is 7.10. The fourth-order valence-electron chi connectivity index (χ4n) is 1.43. The van der Waals surface area contributed by atoms with Gasteiger partial charge in [-0.3, -0.25) is 0 Å². The van der Waals surface area contributed by atoms with E-state index in [9.17, 15) is 5.11 Å². The van der Waals surface area contributed by atoms with Crippen LogP contribution in [-0.2, 0) is 6.61 Å². The predicted octanol–water partition coefficient (Wildman–Crippen LogP) is 0.206. The molecule has 1 aliphatic rings. The van der Waals surface area contributed by atoms with E-state index in [2.05, 4.69) is 9.88 Å². The van der Waals surface area contributed by atoms with Crippen molar-refractivity contribution in [3.63, 3.8) is 0 Å². The molecule has 0 bridgehead atoms. The van der Waals surface area contributed by atoms with Gasteiger partial charge in [0.25, 0.3) is 0 Å². The second-order valence-electron chi connectivity index (χ2n) is 3.16. The molecule has 1 aromatic rings. The van der Waals surface area contributed by atoms with Crippen LogP contribution < -0.4 is 4.90 Å². The van der Waals surface area contributed by atoms with Crippen LogP contribution in [0, 0.1) is 0 Å². The van der Waals surface area contributed by atoms with Gasteiger partial charge in [0.15, 0.2) is 5.13 Å². The summed E-state index contributed by atoms with van der Waals surface area (Å²) in [6.45, 7) is 1.58. The molecule has 1 aromatic heterocycles. The van der Waals surface area contributed by atoms with Crippen LogP contribution in [0.1, 0.15) is 11.3 Å². The van der Waals surface area contributed by atoms with Crippen molar-refractivity contribution in [1.82, 2.24) is 4.98 Å². The number of hydrogen-bond acceptors (Lipinski definition) is 5. The highest BCUT2D eigenvalue weighted by Gasteiger charge is 2.22. The molecule has 0 amide bonds. The number of anilines is 1. The van der Waals surface area contributed by atoms with Crippen LogP contribution in [-0.4, -0.2) is 34.4 Å². The minimum Gasteiger partial charge on any atom is -0.391 e. The van der Waals surface area contributed by atoms with E-state index >= 15 is 0 Å². The Bertz CT molecular complexity index is 289. The zero-order chi connectivity index (χ0) is 9.26.